The van der Waals surface area contributed by atoms with Gasteiger partial charge < -0.3 is 5.73 Å². The van der Waals surface area contributed by atoms with Gasteiger partial charge in [-0.05, 0) is 28.1 Å². The predicted molar refractivity (Wildman–Crippen MR) is 51.4 cm³/mol. The minimum atomic E-state index is -0.518. The van der Waals surface area contributed by atoms with Crippen LogP contribution in [0.1, 0.15) is 10.5 Å². The Bertz CT molecular complexity index is 477. The number of imidazole rings is 1. The largest absolute Gasteiger partial charge is 0.364 e. The van der Waals surface area contributed by atoms with Crippen LogP contribution in [0.5, 0.6) is 0 Å². The Morgan fingerprint density at radius 1 is 1.54 bits per heavy atom. The Kier molecular flexibility index (Phi) is 1.81. The van der Waals surface area contributed by atoms with Crippen molar-refractivity contribution in [3.8, 4) is 0 Å². The summed E-state index contributed by atoms with van der Waals surface area (Å²) < 4.78 is 2.59. The topological polar surface area (TPSA) is 60.4 Å². The van der Waals surface area contributed by atoms with Crippen molar-refractivity contribution in [1.29, 1.82) is 0 Å². The number of nitrogens with two attached hydrogens (primary N) is 1. The smallest absolute Gasteiger partial charge is 0.268 e. The SMILES string of the molecule is NC(=O)c1cn2c(Br)cccc2n1. The molecule has 2 rings (SSSR count). The van der Waals surface area contributed by atoms with Gasteiger partial charge in [-0.3, -0.25) is 9.20 Å². The molecular formula is C8H6BrN3O. The fourth-order valence-electron chi connectivity index (χ4n) is 1.10. The second-order valence-corrected chi connectivity index (χ2v) is 3.38. The average Bonchev–Trinajstić information content (AvgIpc) is 2.49. The molecule has 2 aromatic rings. The van der Waals surface area contributed by atoms with Crippen LogP contribution in [0.3, 0.4) is 0 Å². The zero-order chi connectivity index (χ0) is 9.42. The maximum Gasteiger partial charge on any atom is 0.268 e. The molecule has 1 amide bonds. The predicted octanol–water partition coefficient (Wildman–Crippen LogP) is 1.20. The molecule has 0 radical (unpaired) electrons. The second-order valence-electron chi connectivity index (χ2n) is 2.57. The van der Waals surface area contributed by atoms with E-state index in [-0.39, 0.29) is 5.69 Å². The summed E-state index contributed by atoms with van der Waals surface area (Å²) in [6.45, 7) is 0. The fourth-order valence-corrected chi connectivity index (χ4v) is 1.53. The van der Waals surface area contributed by atoms with E-state index in [4.69, 9.17) is 5.73 Å². The van der Waals surface area contributed by atoms with Crippen LogP contribution in [0.2, 0.25) is 0 Å². The van der Waals surface area contributed by atoms with Crippen LogP contribution in [0.4, 0.5) is 0 Å². The highest BCUT2D eigenvalue weighted by Gasteiger charge is 2.07. The Morgan fingerprint density at radius 2 is 2.31 bits per heavy atom. The van der Waals surface area contributed by atoms with E-state index in [2.05, 4.69) is 20.9 Å². The van der Waals surface area contributed by atoms with Crippen LogP contribution in [0.25, 0.3) is 5.65 Å². The van der Waals surface area contributed by atoms with Crippen LogP contribution in [-0.4, -0.2) is 15.3 Å². The van der Waals surface area contributed by atoms with Crippen LogP contribution < -0.4 is 5.73 Å². The first-order valence-corrected chi connectivity index (χ1v) is 4.41. The monoisotopic (exact) mass is 239 g/mol. The highest BCUT2D eigenvalue weighted by Crippen LogP contribution is 2.13. The Hall–Kier alpha value is -1.36. The lowest BCUT2D eigenvalue weighted by atomic mass is 10.5. The van der Waals surface area contributed by atoms with Gasteiger partial charge in [-0.25, -0.2) is 4.98 Å². The van der Waals surface area contributed by atoms with E-state index in [1.165, 1.54) is 0 Å². The molecule has 5 heteroatoms. The Labute approximate surface area is 82.5 Å². The molecule has 0 spiro atoms. The number of rotatable bonds is 1. The van der Waals surface area contributed by atoms with Crippen LogP contribution >= 0.6 is 15.9 Å². The first-order valence-electron chi connectivity index (χ1n) is 3.62. The van der Waals surface area contributed by atoms with Gasteiger partial charge in [0.15, 0.2) is 0 Å². The number of hydrogen-bond donors (Lipinski definition) is 1. The van der Waals surface area contributed by atoms with Gasteiger partial charge in [-0.2, -0.15) is 0 Å². The lowest BCUT2D eigenvalue weighted by Crippen LogP contribution is -2.10. The van der Waals surface area contributed by atoms with Gasteiger partial charge in [-0.1, -0.05) is 6.07 Å². The molecule has 2 aromatic heterocycles. The number of primary amides is 1. The first-order chi connectivity index (χ1) is 6.18. The van der Waals surface area contributed by atoms with E-state index in [1.54, 1.807) is 16.7 Å². The van der Waals surface area contributed by atoms with E-state index in [1.807, 2.05) is 12.1 Å². The molecule has 66 valence electrons. The molecule has 0 bridgehead atoms. The average molecular weight is 240 g/mol. The van der Waals surface area contributed by atoms with Gasteiger partial charge in [0, 0.05) is 6.20 Å². The number of halogens is 1. The molecule has 0 saturated carbocycles. The van der Waals surface area contributed by atoms with Crippen LogP contribution in [0, 0.1) is 0 Å². The third-order valence-electron chi connectivity index (χ3n) is 1.69. The minimum Gasteiger partial charge on any atom is -0.364 e. The van der Waals surface area contributed by atoms with Crippen molar-refractivity contribution in [3.63, 3.8) is 0 Å². The van der Waals surface area contributed by atoms with Crippen molar-refractivity contribution < 1.29 is 4.79 Å². The van der Waals surface area contributed by atoms with E-state index >= 15 is 0 Å². The van der Waals surface area contributed by atoms with E-state index in [0.717, 1.165) is 4.60 Å². The van der Waals surface area contributed by atoms with Gasteiger partial charge in [0.25, 0.3) is 5.91 Å². The summed E-state index contributed by atoms with van der Waals surface area (Å²) in [5, 5.41) is 0. The van der Waals surface area contributed by atoms with Crippen molar-refractivity contribution in [2.75, 3.05) is 0 Å². The molecule has 0 fully saturated rings. The van der Waals surface area contributed by atoms with Crippen molar-refractivity contribution >= 4 is 27.5 Å². The van der Waals surface area contributed by atoms with Crippen molar-refractivity contribution in [1.82, 2.24) is 9.38 Å². The second kappa shape index (κ2) is 2.85. The molecule has 2 heterocycles. The summed E-state index contributed by atoms with van der Waals surface area (Å²) >= 11 is 3.33. The van der Waals surface area contributed by atoms with Crippen LogP contribution in [0.15, 0.2) is 29.0 Å². The molecule has 0 atom stereocenters. The summed E-state index contributed by atoms with van der Waals surface area (Å²) in [5.74, 6) is -0.518. The molecule has 2 N–H and O–H groups in total. The molecule has 0 aliphatic heterocycles. The number of nitrogens with zero attached hydrogens (tertiary/aromatic N) is 2. The van der Waals surface area contributed by atoms with E-state index < -0.39 is 5.91 Å². The Morgan fingerprint density at radius 3 is 2.92 bits per heavy atom. The molecule has 4 nitrogen and oxygen atoms in total. The first kappa shape index (κ1) is 8.25. The third kappa shape index (κ3) is 1.31. The molecule has 0 unspecified atom stereocenters. The minimum absolute atomic E-state index is 0.270. The van der Waals surface area contributed by atoms with Gasteiger partial charge in [0.2, 0.25) is 0 Å². The van der Waals surface area contributed by atoms with E-state index in [0.29, 0.717) is 5.65 Å². The van der Waals surface area contributed by atoms with Crippen molar-refractivity contribution in [2.24, 2.45) is 5.73 Å². The van der Waals surface area contributed by atoms with Crippen molar-refractivity contribution in [2.45, 2.75) is 0 Å². The van der Waals surface area contributed by atoms with Gasteiger partial charge in [0.1, 0.15) is 11.3 Å². The third-order valence-corrected chi connectivity index (χ3v) is 2.34. The number of aromatic nitrogens is 2. The fraction of sp³-hybridized carbons (Fsp3) is 0. The lowest BCUT2D eigenvalue weighted by molar-refractivity contribution is 0.0996. The molecule has 0 aliphatic rings. The Balaban J connectivity index is 2.75. The number of pyridine rings is 1. The number of hydrogen-bond acceptors (Lipinski definition) is 2. The highest BCUT2D eigenvalue weighted by molar-refractivity contribution is 9.10. The number of carbonyl (C=O) groups excluding carboxylic acids is 1. The lowest BCUT2D eigenvalue weighted by Gasteiger charge is -1.93. The van der Waals surface area contributed by atoms with Crippen molar-refractivity contribution in [3.05, 3.63) is 34.7 Å². The van der Waals surface area contributed by atoms with Gasteiger partial charge >= 0.3 is 0 Å². The maximum absolute atomic E-state index is 10.8. The summed E-state index contributed by atoms with van der Waals surface area (Å²) in [4.78, 5) is 14.8. The molecular weight excluding hydrogens is 234 g/mol. The number of fused-ring (bicyclic) bond motifs is 1. The van der Waals surface area contributed by atoms with Gasteiger partial charge in [-0.15, -0.1) is 0 Å². The summed E-state index contributed by atoms with van der Waals surface area (Å²) in [6, 6.07) is 5.51. The molecule has 0 aliphatic carbocycles. The van der Waals surface area contributed by atoms with Crippen LogP contribution in [-0.2, 0) is 0 Å². The number of amides is 1. The quantitative estimate of drug-likeness (QED) is 0.761. The maximum atomic E-state index is 10.8. The summed E-state index contributed by atoms with van der Waals surface area (Å²) in [5.41, 5.74) is 6.07. The standard InChI is InChI=1S/C8H6BrN3O/c9-6-2-1-3-7-11-5(8(10)13)4-12(6)7/h1-4H,(H2,10,13). The number of carbonyl (C=O) groups is 1. The van der Waals surface area contributed by atoms with Gasteiger partial charge in [0.05, 0.1) is 4.60 Å². The molecule has 13 heavy (non-hydrogen) atoms. The highest BCUT2D eigenvalue weighted by atomic mass is 79.9. The zero-order valence-corrected chi connectivity index (χ0v) is 8.15. The normalized spacial score (nSPS) is 10.5. The van der Waals surface area contributed by atoms with E-state index in [9.17, 15) is 4.79 Å². The zero-order valence-electron chi connectivity index (χ0n) is 6.57. The molecule has 0 aromatic carbocycles. The molecule has 0 saturated heterocycles. The summed E-state index contributed by atoms with van der Waals surface area (Å²) in [7, 11) is 0. The summed E-state index contributed by atoms with van der Waals surface area (Å²) in [6.07, 6.45) is 1.60.